The fourth-order valence-corrected chi connectivity index (χ4v) is 2.18. The Morgan fingerprint density at radius 2 is 1.48 bits per heavy atom. The molecule has 9 heteroatoms. The van der Waals surface area contributed by atoms with E-state index < -0.39 is 17.0 Å². The van der Waals surface area contributed by atoms with Crippen LogP contribution in [0.5, 0.6) is 0 Å². The average Bonchev–Trinajstić information content (AvgIpc) is 2.61. The highest BCUT2D eigenvalue weighted by Gasteiger charge is 2.03. The third-order valence-corrected chi connectivity index (χ3v) is 3.99. The van der Waals surface area contributed by atoms with Gasteiger partial charge in [0.25, 0.3) is 0 Å². The van der Waals surface area contributed by atoms with E-state index in [1.54, 1.807) is 18.2 Å². The largest absolute Gasteiger partial charge is 0.396 e. The van der Waals surface area contributed by atoms with Crippen molar-refractivity contribution in [3.05, 3.63) is 80.5 Å². The van der Waals surface area contributed by atoms with Gasteiger partial charge in [-0.2, -0.15) is 0 Å². The summed E-state index contributed by atoms with van der Waals surface area (Å²) in [6, 6.07) is 9.28. The first kappa shape index (κ1) is 25.5. The van der Waals surface area contributed by atoms with Crippen LogP contribution in [0.4, 0.5) is 20.2 Å². The van der Waals surface area contributed by atoms with Crippen molar-refractivity contribution < 1.29 is 18.4 Å². The number of nitrogens with one attached hydrogen (secondary N) is 1. The van der Waals surface area contributed by atoms with E-state index in [1.807, 2.05) is 45.2 Å². The minimum Gasteiger partial charge on any atom is -0.396 e. The lowest BCUT2D eigenvalue weighted by Gasteiger charge is -2.03. The number of nitrogens with two attached hydrogens (primary N) is 1. The summed E-state index contributed by atoms with van der Waals surface area (Å²) in [5.41, 5.74) is 5.59. The van der Waals surface area contributed by atoms with Gasteiger partial charge >= 0.3 is 0 Å². The predicted molar refractivity (Wildman–Crippen MR) is 123 cm³/mol. The quantitative estimate of drug-likeness (QED) is 0.207. The fourth-order valence-electron chi connectivity index (χ4n) is 1.28. The van der Waals surface area contributed by atoms with Crippen molar-refractivity contribution in [1.82, 2.24) is 0 Å². The highest BCUT2D eigenvalue weighted by molar-refractivity contribution is 14.1. The summed E-state index contributed by atoms with van der Waals surface area (Å²) in [4.78, 5) is 20.3. The van der Waals surface area contributed by atoms with Crippen LogP contribution in [0.15, 0.2) is 61.7 Å². The molecule has 0 atom stereocenters. The third kappa shape index (κ3) is 11.7. The van der Waals surface area contributed by atoms with Crippen molar-refractivity contribution in [2.45, 2.75) is 0 Å². The Morgan fingerprint density at radius 1 is 1.00 bits per heavy atom. The van der Waals surface area contributed by atoms with Crippen molar-refractivity contribution in [2.75, 3.05) is 11.1 Å². The van der Waals surface area contributed by atoms with Crippen molar-refractivity contribution in [1.29, 1.82) is 0 Å². The maximum absolute atomic E-state index is 13.1. The van der Waals surface area contributed by atoms with Crippen molar-refractivity contribution in [2.24, 2.45) is 0 Å². The molecular weight excluding hydrogens is 603 g/mol. The molecule has 0 aliphatic rings. The molecule has 2 aromatic rings. The minimum atomic E-state index is -0.509. The van der Waals surface area contributed by atoms with Crippen LogP contribution in [-0.4, -0.2) is 11.1 Å². The topological polar surface area (TPSA) is 72.2 Å². The molecule has 3 N–H and O–H groups in total. The van der Waals surface area contributed by atoms with Gasteiger partial charge in [-0.25, -0.2) is 8.78 Å². The number of carbonyl (C=O) groups excluding carboxylic acids is 2. The number of halogens is 5. The maximum Gasteiger partial charge on any atom is 0.247 e. The second-order valence-electron chi connectivity index (χ2n) is 4.49. The van der Waals surface area contributed by atoms with E-state index in [9.17, 15) is 18.4 Å². The molecule has 0 aliphatic heterocycles. The van der Waals surface area contributed by atoms with Crippen molar-refractivity contribution in [3.63, 3.8) is 0 Å². The van der Waals surface area contributed by atoms with Crippen LogP contribution in [0.1, 0.15) is 0 Å². The first-order chi connectivity index (χ1) is 12.6. The van der Waals surface area contributed by atoms with Crippen LogP contribution >= 0.6 is 56.8 Å². The van der Waals surface area contributed by atoms with E-state index in [0.717, 1.165) is 19.3 Å². The van der Waals surface area contributed by atoms with Gasteiger partial charge in [0.05, 0.1) is 11.4 Å². The molecule has 0 bridgehead atoms. The molecule has 27 heavy (non-hydrogen) atoms. The number of rotatable bonds is 3. The van der Waals surface area contributed by atoms with Gasteiger partial charge in [0.2, 0.25) is 11.1 Å². The second kappa shape index (κ2) is 13.6. The van der Waals surface area contributed by atoms with Crippen LogP contribution in [0.25, 0.3) is 0 Å². The number of anilines is 2. The van der Waals surface area contributed by atoms with Gasteiger partial charge in [0.15, 0.2) is 0 Å². The van der Waals surface area contributed by atoms with Crippen LogP contribution in [-0.2, 0) is 9.59 Å². The number of amides is 1. The van der Waals surface area contributed by atoms with E-state index in [0.29, 0.717) is 0 Å². The van der Waals surface area contributed by atoms with Gasteiger partial charge in [-0.1, -0.05) is 13.2 Å². The Labute approximate surface area is 188 Å². The highest BCUT2D eigenvalue weighted by Crippen LogP contribution is 2.16. The predicted octanol–water partition coefficient (Wildman–Crippen LogP) is 5.51. The number of nitrogen functional groups attached to an aromatic ring is 1. The van der Waals surface area contributed by atoms with Crippen LogP contribution in [0, 0.1) is 18.8 Å². The summed E-state index contributed by atoms with van der Waals surface area (Å²) in [5.74, 6) is -1.20. The molecule has 0 saturated carbocycles. The molecule has 1 amide bonds. The van der Waals surface area contributed by atoms with E-state index >= 15 is 0 Å². The number of hydrogen-bond donors (Lipinski definition) is 2. The summed E-state index contributed by atoms with van der Waals surface area (Å²) in [5, 5.41) is 1.84. The molecule has 0 unspecified atom stereocenters. The van der Waals surface area contributed by atoms with E-state index in [-0.39, 0.29) is 17.2 Å². The summed E-state index contributed by atoms with van der Waals surface area (Å²) < 4.78 is 27.2. The maximum atomic E-state index is 13.1. The molecule has 0 heterocycles. The Bertz CT molecular complexity index is 833. The van der Waals surface area contributed by atoms with Crippen molar-refractivity contribution in [3.8, 4) is 0 Å². The molecule has 144 valence electrons. The standard InChI is InChI=1S/C9H7FINO.C6H5FIN.C3H3ClO/c1-2-9(13)12-8-4-3-6(11)5-7(8)10;7-5-3-4(8)1-2-6(5)9;1-2-3(4)5/h2-5H,1H2,(H,12,13);1-3H,9H2;2H,1H2. The molecule has 0 fully saturated rings. The van der Waals surface area contributed by atoms with Crippen LogP contribution < -0.4 is 11.1 Å². The summed E-state index contributed by atoms with van der Waals surface area (Å²) in [6.07, 6.45) is 2.14. The van der Waals surface area contributed by atoms with Gasteiger partial charge in [-0.05, 0) is 105 Å². The number of allylic oxidation sites excluding steroid dienone is 1. The second-order valence-corrected chi connectivity index (χ2v) is 7.36. The molecule has 4 nitrogen and oxygen atoms in total. The number of benzene rings is 2. The Kier molecular flexibility index (Phi) is 12.8. The first-order valence-corrected chi connectivity index (χ1v) is 9.55. The average molecular weight is 619 g/mol. The monoisotopic (exact) mass is 618 g/mol. The van der Waals surface area contributed by atoms with Crippen LogP contribution in [0.2, 0.25) is 0 Å². The third-order valence-electron chi connectivity index (χ3n) is 2.50. The molecule has 2 aromatic carbocycles. The Hall–Kier alpha value is -1.53. The molecule has 0 aromatic heterocycles. The van der Waals surface area contributed by atoms with Gasteiger partial charge < -0.3 is 11.1 Å². The highest BCUT2D eigenvalue weighted by atomic mass is 127. The lowest BCUT2D eigenvalue weighted by atomic mass is 10.3. The van der Waals surface area contributed by atoms with Gasteiger partial charge in [0.1, 0.15) is 11.6 Å². The van der Waals surface area contributed by atoms with Gasteiger partial charge in [-0.15, -0.1) is 0 Å². The molecule has 0 spiro atoms. The van der Waals surface area contributed by atoms with Gasteiger partial charge in [-0.3, -0.25) is 9.59 Å². The first-order valence-electron chi connectivity index (χ1n) is 7.01. The Balaban J connectivity index is 0.000000419. The van der Waals surface area contributed by atoms with E-state index in [1.165, 1.54) is 18.2 Å². The lowest BCUT2D eigenvalue weighted by Crippen LogP contribution is -2.08. The summed E-state index contributed by atoms with van der Waals surface area (Å²) in [7, 11) is 0. The number of carbonyl (C=O) groups is 2. The molecule has 0 saturated heterocycles. The number of hydrogen-bond acceptors (Lipinski definition) is 3. The zero-order chi connectivity index (χ0) is 21.0. The zero-order valence-corrected chi connectivity index (χ0v) is 18.9. The molecule has 2 rings (SSSR count). The Morgan fingerprint density at radius 3 is 1.85 bits per heavy atom. The summed E-state index contributed by atoms with van der Waals surface area (Å²) >= 11 is 8.72. The SMILES string of the molecule is C=CC(=O)Cl.C=CC(=O)Nc1ccc(I)cc1F.Nc1ccc(I)cc1F. The zero-order valence-electron chi connectivity index (χ0n) is 13.8. The molecule has 0 aliphatic carbocycles. The normalized spacial score (nSPS) is 8.93. The molecular formula is C18H15ClF2I2N2O2. The van der Waals surface area contributed by atoms with Crippen LogP contribution in [0.3, 0.4) is 0 Å². The van der Waals surface area contributed by atoms with Gasteiger partial charge in [0, 0.05) is 7.14 Å². The summed E-state index contributed by atoms with van der Waals surface area (Å²) in [6.45, 7) is 6.35. The smallest absolute Gasteiger partial charge is 0.247 e. The lowest BCUT2D eigenvalue weighted by molar-refractivity contribution is -0.112. The minimum absolute atomic E-state index is 0.172. The fraction of sp³-hybridized carbons (Fsp3) is 0. The molecule has 0 radical (unpaired) electrons. The van der Waals surface area contributed by atoms with Crippen molar-refractivity contribution >= 4 is 79.3 Å². The van der Waals surface area contributed by atoms with E-state index in [2.05, 4.69) is 18.5 Å². The van der Waals surface area contributed by atoms with E-state index in [4.69, 9.17) is 17.3 Å².